The zero-order chi connectivity index (χ0) is 12.1. The number of amides is 1. The number of aryl methyl sites for hydroxylation is 1. The number of phenolic OH excluding ortho intramolecular Hbond substituents is 1. The Hall–Kier alpha value is -1.62. The van der Waals surface area contributed by atoms with E-state index in [0.29, 0.717) is 23.5 Å². The fourth-order valence-electron chi connectivity index (χ4n) is 1.15. The van der Waals surface area contributed by atoms with Gasteiger partial charge in [-0.1, -0.05) is 18.3 Å². The van der Waals surface area contributed by atoms with Crippen molar-refractivity contribution in [3.05, 3.63) is 29.3 Å². The molecule has 0 aliphatic rings. The summed E-state index contributed by atoms with van der Waals surface area (Å²) in [5.41, 5.74) is 6.46. The molecule has 0 saturated heterocycles. The van der Waals surface area contributed by atoms with E-state index in [1.807, 2.05) is 0 Å². The molecule has 4 nitrogen and oxygen atoms in total. The fraction of sp³-hybridized carbons (Fsp3) is 0.273. The summed E-state index contributed by atoms with van der Waals surface area (Å²) in [5, 5.41) is 12.1. The molecule has 0 saturated carbocycles. The smallest absolute Gasteiger partial charge is 0.251 e. The predicted octanol–water partition coefficient (Wildman–Crippen LogP) is 1.11. The standard InChI is InChI=1S/C11H14N2O2S/c1-7-2-3-8(6-9(7)14)11(15)13-5-4-10(12)16/h2-3,6,14H,4-5H2,1H3,(H2,12,16)(H,13,15). The summed E-state index contributed by atoms with van der Waals surface area (Å²) in [6.45, 7) is 2.17. The predicted molar refractivity (Wildman–Crippen MR) is 66.6 cm³/mol. The highest BCUT2D eigenvalue weighted by atomic mass is 32.1. The number of benzene rings is 1. The Morgan fingerprint density at radius 2 is 2.25 bits per heavy atom. The summed E-state index contributed by atoms with van der Waals surface area (Å²) in [5.74, 6) is -0.131. The van der Waals surface area contributed by atoms with E-state index < -0.39 is 0 Å². The number of hydrogen-bond donors (Lipinski definition) is 3. The molecule has 1 aromatic rings. The Bertz CT molecular complexity index is 418. The van der Waals surface area contributed by atoms with Gasteiger partial charge in [-0.25, -0.2) is 0 Å². The average molecular weight is 238 g/mol. The third kappa shape index (κ3) is 3.51. The van der Waals surface area contributed by atoms with Crippen LogP contribution in [0.25, 0.3) is 0 Å². The number of nitrogens with two attached hydrogens (primary N) is 1. The van der Waals surface area contributed by atoms with Gasteiger partial charge in [-0.3, -0.25) is 4.79 Å². The van der Waals surface area contributed by atoms with Crippen LogP contribution in [-0.4, -0.2) is 22.5 Å². The van der Waals surface area contributed by atoms with Crippen LogP contribution in [0.15, 0.2) is 18.2 Å². The maximum absolute atomic E-state index is 11.6. The van der Waals surface area contributed by atoms with E-state index in [0.717, 1.165) is 5.56 Å². The number of carbonyl (C=O) groups excluding carboxylic acids is 1. The van der Waals surface area contributed by atoms with Gasteiger partial charge in [-0.2, -0.15) is 0 Å². The van der Waals surface area contributed by atoms with Crippen molar-refractivity contribution >= 4 is 23.1 Å². The quantitative estimate of drug-likeness (QED) is 0.687. The minimum atomic E-state index is -0.244. The molecule has 1 amide bonds. The maximum atomic E-state index is 11.6. The largest absolute Gasteiger partial charge is 0.508 e. The van der Waals surface area contributed by atoms with Gasteiger partial charge in [0, 0.05) is 18.5 Å². The number of carbonyl (C=O) groups is 1. The molecule has 0 spiro atoms. The lowest BCUT2D eigenvalue weighted by molar-refractivity contribution is 0.0954. The molecule has 1 aromatic carbocycles. The number of aromatic hydroxyl groups is 1. The van der Waals surface area contributed by atoms with Crippen LogP contribution in [-0.2, 0) is 0 Å². The van der Waals surface area contributed by atoms with Crippen LogP contribution in [0.3, 0.4) is 0 Å². The second kappa shape index (κ2) is 5.46. The molecule has 0 aliphatic carbocycles. The number of rotatable bonds is 4. The molecular weight excluding hydrogens is 224 g/mol. The van der Waals surface area contributed by atoms with Gasteiger partial charge in [-0.05, 0) is 24.6 Å². The average Bonchev–Trinajstić information content (AvgIpc) is 2.21. The highest BCUT2D eigenvalue weighted by Gasteiger charge is 2.06. The zero-order valence-electron chi connectivity index (χ0n) is 8.99. The van der Waals surface area contributed by atoms with E-state index >= 15 is 0 Å². The van der Waals surface area contributed by atoms with Crippen molar-refractivity contribution < 1.29 is 9.90 Å². The van der Waals surface area contributed by atoms with Crippen molar-refractivity contribution in [1.82, 2.24) is 5.32 Å². The fourth-order valence-corrected chi connectivity index (χ4v) is 1.25. The summed E-state index contributed by atoms with van der Waals surface area (Å²) in [6.07, 6.45) is 0.471. The summed E-state index contributed by atoms with van der Waals surface area (Å²) in [6, 6.07) is 4.79. The van der Waals surface area contributed by atoms with Crippen LogP contribution in [0.1, 0.15) is 22.3 Å². The van der Waals surface area contributed by atoms with Gasteiger partial charge in [0.1, 0.15) is 5.75 Å². The van der Waals surface area contributed by atoms with E-state index in [1.54, 1.807) is 19.1 Å². The van der Waals surface area contributed by atoms with E-state index in [9.17, 15) is 9.90 Å². The van der Waals surface area contributed by atoms with E-state index in [2.05, 4.69) is 17.5 Å². The maximum Gasteiger partial charge on any atom is 0.251 e. The first-order chi connectivity index (χ1) is 7.50. The molecule has 0 aromatic heterocycles. The van der Waals surface area contributed by atoms with Crippen molar-refractivity contribution in [2.75, 3.05) is 6.54 Å². The Balaban J connectivity index is 2.59. The lowest BCUT2D eigenvalue weighted by atomic mass is 10.1. The Labute approximate surface area is 99.5 Å². The number of thiocarbonyl (C=S) groups is 1. The first-order valence-corrected chi connectivity index (χ1v) is 5.27. The third-order valence-electron chi connectivity index (χ3n) is 2.13. The molecule has 1 rings (SSSR count). The lowest BCUT2D eigenvalue weighted by Crippen LogP contribution is -2.27. The SMILES string of the molecule is Cc1ccc(C(=O)NCCC(N)=S)cc1O. The normalized spacial score (nSPS) is 9.81. The van der Waals surface area contributed by atoms with Gasteiger partial charge < -0.3 is 16.2 Å². The summed E-state index contributed by atoms with van der Waals surface area (Å²) in [4.78, 5) is 12.0. The molecule has 16 heavy (non-hydrogen) atoms. The van der Waals surface area contributed by atoms with Crippen LogP contribution >= 0.6 is 12.2 Å². The van der Waals surface area contributed by atoms with E-state index in [1.165, 1.54) is 6.07 Å². The molecule has 0 aliphatic heterocycles. The van der Waals surface area contributed by atoms with Gasteiger partial charge in [0.2, 0.25) is 0 Å². The van der Waals surface area contributed by atoms with Crippen molar-refractivity contribution in [1.29, 1.82) is 0 Å². The molecule has 5 heteroatoms. The van der Waals surface area contributed by atoms with Crippen molar-refractivity contribution in [3.8, 4) is 5.75 Å². The first kappa shape index (κ1) is 12.4. The second-order valence-electron chi connectivity index (χ2n) is 3.47. The van der Waals surface area contributed by atoms with Crippen molar-refractivity contribution in [2.45, 2.75) is 13.3 Å². The van der Waals surface area contributed by atoms with Gasteiger partial charge in [0.25, 0.3) is 5.91 Å². The van der Waals surface area contributed by atoms with Crippen LogP contribution < -0.4 is 11.1 Å². The number of hydrogen-bond acceptors (Lipinski definition) is 3. The van der Waals surface area contributed by atoms with Gasteiger partial charge in [-0.15, -0.1) is 0 Å². The minimum Gasteiger partial charge on any atom is -0.508 e. The highest BCUT2D eigenvalue weighted by molar-refractivity contribution is 7.80. The Kier molecular flexibility index (Phi) is 4.25. The molecule has 0 bridgehead atoms. The van der Waals surface area contributed by atoms with Crippen LogP contribution in [0, 0.1) is 6.92 Å². The molecule has 0 unspecified atom stereocenters. The molecule has 0 fully saturated rings. The van der Waals surface area contributed by atoms with Crippen LogP contribution in [0.4, 0.5) is 0 Å². The zero-order valence-corrected chi connectivity index (χ0v) is 9.80. The monoisotopic (exact) mass is 238 g/mol. The molecular formula is C11H14N2O2S. The summed E-state index contributed by atoms with van der Waals surface area (Å²) in [7, 11) is 0. The topological polar surface area (TPSA) is 75.4 Å². The van der Waals surface area contributed by atoms with E-state index in [4.69, 9.17) is 5.73 Å². The lowest BCUT2D eigenvalue weighted by Gasteiger charge is -2.05. The van der Waals surface area contributed by atoms with Crippen molar-refractivity contribution in [3.63, 3.8) is 0 Å². The summed E-state index contributed by atoms with van der Waals surface area (Å²) < 4.78 is 0. The van der Waals surface area contributed by atoms with Gasteiger partial charge >= 0.3 is 0 Å². The number of nitrogens with one attached hydrogen (secondary N) is 1. The molecule has 4 N–H and O–H groups in total. The third-order valence-corrected chi connectivity index (χ3v) is 2.33. The van der Waals surface area contributed by atoms with Gasteiger partial charge in [0.15, 0.2) is 0 Å². The summed E-state index contributed by atoms with van der Waals surface area (Å²) >= 11 is 4.69. The first-order valence-electron chi connectivity index (χ1n) is 4.87. The highest BCUT2D eigenvalue weighted by Crippen LogP contribution is 2.17. The van der Waals surface area contributed by atoms with Crippen LogP contribution in [0.5, 0.6) is 5.75 Å². The minimum absolute atomic E-state index is 0.113. The van der Waals surface area contributed by atoms with Gasteiger partial charge in [0.05, 0.1) is 4.99 Å². The van der Waals surface area contributed by atoms with E-state index in [-0.39, 0.29) is 11.7 Å². The molecule has 0 atom stereocenters. The molecule has 86 valence electrons. The Morgan fingerprint density at radius 1 is 1.56 bits per heavy atom. The molecule has 0 heterocycles. The van der Waals surface area contributed by atoms with Crippen molar-refractivity contribution in [2.24, 2.45) is 5.73 Å². The second-order valence-corrected chi connectivity index (χ2v) is 4.00. The van der Waals surface area contributed by atoms with Crippen LogP contribution in [0.2, 0.25) is 0 Å². The molecule has 0 radical (unpaired) electrons. The number of phenols is 1. The Morgan fingerprint density at radius 3 is 2.81 bits per heavy atom.